The first-order chi connectivity index (χ1) is 26.6. The molecule has 0 aromatic heterocycles. The number of benzene rings is 6. The minimum absolute atomic E-state index is 0. The van der Waals surface area contributed by atoms with Crippen LogP contribution in [-0.4, -0.2) is 46.7 Å². The van der Waals surface area contributed by atoms with Crippen molar-refractivity contribution in [2.45, 2.75) is 45.2 Å². The molecule has 1 fully saturated rings. The molecule has 56 heavy (non-hydrogen) atoms. The number of hydrogen-bond donors (Lipinski definition) is 2. The molecule has 6 aromatic carbocycles. The molecule has 2 atom stereocenters. The minimum atomic E-state index is -1.08. The van der Waals surface area contributed by atoms with Crippen LogP contribution < -0.4 is 10.2 Å². The number of nitrogens with zero attached hydrogens (tertiary/aromatic N) is 2. The molecule has 8 nitrogen and oxygen atoms in total. The fourth-order valence-corrected chi connectivity index (χ4v) is 6.40. The van der Waals surface area contributed by atoms with E-state index in [-0.39, 0.29) is 40.4 Å². The standard InChI is InChI=1S/C43H36N2O2.2C2H4O2.Co/c46-42-36(24-34(30-14-5-1-6-15-30)26-38(42)32-18-9-3-10-19-32)28-44-40-22-13-23-41(40)45-29-37-25-35(31-16-7-2-8-17-31)27-39(43(37)47)33-20-11-4-12-21-33;2*1-2(3)4;/h1-12,14-21,24-29,40-41,46-47H,13,22-23H2;2*1H3,(H,3,4);/q;;;+2/p-2. The van der Waals surface area contributed by atoms with E-state index in [0.29, 0.717) is 11.1 Å². The summed E-state index contributed by atoms with van der Waals surface area (Å²) in [7, 11) is 0. The Kier molecular flexibility index (Phi) is 15.9. The largest absolute Gasteiger partial charge is 2.00 e. The Balaban J connectivity index is 0.000000709. The van der Waals surface area contributed by atoms with E-state index >= 15 is 0 Å². The summed E-state index contributed by atoms with van der Waals surface area (Å²) in [4.78, 5) is 27.8. The number of phenolic OH excluding ortho intramolecular Hbond substituents is 2. The van der Waals surface area contributed by atoms with Crippen LogP contribution >= 0.6 is 0 Å². The van der Waals surface area contributed by atoms with Gasteiger partial charge in [-0.3, -0.25) is 9.98 Å². The van der Waals surface area contributed by atoms with Crippen molar-refractivity contribution in [2.24, 2.45) is 9.98 Å². The number of aliphatic imine (C=N–C) groups is 2. The minimum Gasteiger partial charge on any atom is -0.550 e. The van der Waals surface area contributed by atoms with Crippen molar-refractivity contribution in [1.82, 2.24) is 0 Å². The molecule has 0 bridgehead atoms. The summed E-state index contributed by atoms with van der Waals surface area (Å²) in [6, 6.07) is 48.4. The van der Waals surface area contributed by atoms with Crippen LogP contribution in [0.2, 0.25) is 0 Å². The van der Waals surface area contributed by atoms with E-state index in [4.69, 9.17) is 29.8 Å². The smallest absolute Gasteiger partial charge is 0.550 e. The summed E-state index contributed by atoms with van der Waals surface area (Å²) >= 11 is 0. The molecule has 285 valence electrons. The molecule has 2 unspecified atom stereocenters. The van der Waals surface area contributed by atoms with Crippen molar-refractivity contribution < 1.29 is 46.8 Å². The van der Waals surface area contributed by atoms with Gasteiger partial charge in [0.1, 0.15) is 11.5 Å². The third-order valence-electron chi connectivity index (χ3n) is 8.92. The molecular formula is C47H42CoN2O6. The van der Waals surface area contributed by atoms with Gasteiger partial charge in [-0.05, 0) is 90.8 Å². The van der Waals surface area contributed by atoms with Crippen LogP contribution in [0.25, 0.3) is 44.5 Å². The fourth-order valence-electron chi connectivity index (χ4n) is 6.40. The number of aliphatic carboxylic acids is 2. The Hall–Kier alpha value is -6.29. The van der Waals surface area contributed by atoms with Gasteiger partial charge in [-0.25, -0.2) is 0 Å². The van der Waals surface area contributed by atoms with E-state index in [2.05, 4.69) is 24.3 Å². The molecule has 1 aliphatic rings. The first-order valence-corrected chi connectivity index (χ1v) is 18.0. The van der Waals surface area contributed by atoms with Gasteiger partial charge in [0.2, 0.25) is 0 Å². The van der Waals surface area contributed by atoms with Gasteiger partial charge in [0.25, 0.3) is 0 Å². The summed E-state index contributed by atoms with van der Waals surface area (Å²) in [6.07, 6.45) is 6.46. The zero-order valence-corrected chi connectivity index (χ0v) is 32.1. The summed E-state index contributed by atoms with van der Waals surface area (Å²) in [5.74, 6) is -1.73. The van der Waals surface area contributed by atoms with Crippen LogP contribution in [0.3, 0.4) is 0 Å². The van der Waals surface area contributed by atoms with Crippen LogP contribution in [0.15, 0.2) is 156 Å². The van der Waals surface area contributed by atoms with Crippen molar-refractivity contribution in [1.29, 1.82) is 0 Å². The Labute approximate surface area is 337 Å². The van der Waals surface area contributed by atoms with Gasteiger partial charge in [0.15, 0.2) is 0 Å². The third-order valence-corrected chi connectivity index (χ3v) is 8.92. The Morgan fingerprint density at radius 2 is 0.804 bits per heavy atom. The van der Waals surface area contributed by atoms with Gasteiger partial charge in [-0.2, -0.15) is 0 Å². The van der Waals surface area contributed by atoms with Crippen LogP contribution in [0.5, 0.6) is 11.5 Å². The van der Waals surface area contributed by atoms with E-state index in [0.717, 1.165) is 77.6 Å². The third kappa shape index (κ3) is 11.9. The SMILES string of the molecule is CC(=O)[O-].CC(=O)[O-].Oc1c(C=NC2CCCC2N=Cc2cc(-c3ccccc3)cc(-c3ccccc3)c2O)cc(-c2ccccc2)cc1-c1ccccc1.[Co+2]. The quantitative estimate of drug-likeness (QED) is 0.151. The van der Waals surface area contributed by atoms with Crippen molar-refractivity contribution in [3.63, 3.8) is 0 Å². The number of carbonyl (C=O) groups is 2. The number of carbonyl (C=O) groups excluding carboxylic acids is 2. The predicted molar refractivity (Wildman–Crippen MR) is 216 cm³/mol. The van der Waals surface area contributed by atoms with Crippen LogP contribution in [0.4, 0.5) is 0 Å². The normalized spacial score (nSPS) is 14.5. The second-order valence-electron chi connectivity index (χ2n) is 13.0. The number of carboxylic acid groups (broad SMARTS) is 2. The molecule has 0 aliphatic heterocycles. The molecule has 0 heterocycles. The maximum Gasteiger partial charge on any atom is 2.00 e. The van der Waals surface area contributed by atoms with Crippen molar-refractivity contribution >= 4 is 24.4 Å². The molecular weight excluding hydrogens is 747 g/mol. The number of phenols is 2. The molecule has 2 N–H and O–H groups in total. The second kappa shape index (κ2) is 21.0. The topological polar surface area (TPSA) is 145 Å². The van der Waals surface area contributed by atoms with Crippen LogP contribution in [0, 0.1) is 0 Å². The molecule has 1 aliphatic carbocycles. The first-order valence-electron chi connectivity index (χ1n) is 18.0. The van der Waals surface area contributed by atoms with Gasteiger partial charge >= 0.3 is 16.8 Å². The van der Waals surface area contributed by atoms with Crippen molar-refractivity contribution in [2.75, 3.05) is 0 Å². The zero-order chi connectivity index (χ0) is 39.2. The molecule has 6 aromatic rings. The van der Waals surface area contributed by atoms with Crippen molar-refractivity contribution in [3.05, 3.63) is 157 Å². The first kappa shape index (κ1) is 42.4. The number of hydrogen-bond acceptors (Lipinski definition) is 8. The second-order valence-corrected chi connectivity index (χ2v) is 13.0. The average molecular weight is 790 g/mol. The van der Waals surface area contributed by atoms with Gasteiger partial charge < -0.3 is 30.0 Å². The van der Waals surface area contributed by atoms with Crippen LogP contribution in [-0.2, 0) is 26.4 Å². The summed E-state index contributed by atoms with van der Waals surface area (Å²) in [6.45, 7) is 1.94. The Morgan fingerprint density at radius 3 is 1.11 bits per heavy atom. The van der Waals surface area contributed by atoms with Gasteiger partial charge in [-0.1, -0.05) is 121 Å². The molecule has 7 rings (SSSR count). The number of aromatic hydroxyl groups is 2. The number of carboxylic acids is 2. The van der Waals surface area contributed by atoms with E-state index in [1.54, 1.807) is 0 Å². The van der Waals surface area contributed by atoms with E-state index in [1.165, 1.54) is 0 Å². The zero-order valence-electron chi connectivity index (χ0n) is 31.0. The van der Waals surface area contributed by atoms with E-state index in [1.807, 2.05) is 134 Å². The molecule has 9 heteroatoms. The van der Waals surface area contributed by atoms with Crippen LogP contribution in [0.1, 0.15) is 44.2 Å². The van der Waals surface area contributed by atoms with Crippen molar-refractivity contribution in [3.8, 4) is 56.0 Å². The van der Waals surface area contributed by atoms with Gasteiger partial charge in [0.05, 0.1) is 12.1 Å². The monoisotopic (exact) mass is 789 g/mol. The molecule has 0 amide bonds. The Bertz CT molecular complexity index is 2080. The predicted octanol–water partition coefficient (Wildman–Crippen LogP) is 7.73. The fraction of sp³-hybridized carbons (Fsp3) is 0.149. The maximum atomic E-state index is 11.4. The average Bonchev–Trinajstić information content (AvgIpc) is 3.65. The van der Waals surface area contributed by atoms with E-state index in [9.17, 15) is 10.2 Å². The maximum absolute atomic E-state index is 11.4. The summed E-state index contributed by atoms with van der Waals surface area (Å²) in [5.41, 5.74) is 9.02. The molecule has 1 saturated carbocycles. The van der Waals surface area contributed by atoms with Gasteiger partial charge in [0, 0.05) is 46.6 Å². The van der Waals surface area contributed by atoms with Gasteiger partial charge in [-0.15, -0.1) is 0 Å². The summed E-state index contributed by atoms with van der Waals surface area (Å²) in [5, 5.41) is 40.6. The van der Waals surface area contributed by atoms with E-state index < -0.39 is 11.9 Å². The summed E-state index contributed by atoms with van der Waals surface area (Å²) < 4.78 is 0. The Morgan fingerprint density at radius 1 is 0.518 bits per heavy atom. The molecule has 0 spiro atoms. The molecule has 0 saturated heterocycles. The molecule has 1 radical (unpaired) electrons. The number of rotatable bonds is 8.